The van der Waals surface area contributed by atoms with Crippen molar-refractivity contribution in [2.45, 2.75) is 6.18 Å². The molecule has 8 heteroatoms. The molecule has 18 heavy (non-hydrogen) atoms. The average molecular weight is 335 g/mol. The molecule has 0 saturated heterocycles. The van der Waals surface area contributed by atoms with E-state index in [-0.39, 0.29) is 17.7 Å². The van der Waals surface area contributed by atoms with Gasteiger partial charge in [0.2, 0.25) is 5.82 Å². The van der Waals surface area contributed by atoms with Crippen LogP contribution in [0, 0.1) is 11.6 Å². The summed E-state index contributed by atoms with van der Waals surface area (Å²) in [5, 5.41) is 0. The minimum atomic E-state index is -4.42. The van der Waals surface area contributed by atoms with Crippen LogP contribution in [-0.2, 0) is 4.74 Å². The monoisotopic (exact) mass is 334 g/mol. The van der Waals surface area contributed by atoms with Crippen molar-refractivity contribution >= 4 is 15.9 Å². The molecule has 0 aromatic heterocycles. The van der Waals surface area contributed by atoms with Gasteiger partial charge in [0.25, 0.3) is 0 Å². The first-order valence-electron chi connectivity index (χ1n) is 4.71. The fourth-order valence-electron chi connectivity index (χ4n) is 1.04. The van der Waals surface area contributed by atoms with Gasteiger partial charge >= 0.3 is 6.18 Å². The first-order valence-corrected chi connectivity index (χ1v) is 5.51. The van der Waals surface area contributed by atoms with Gasteiger partial charge in [-0.05, 0) is 12.1 Å². The number of rotatable bonds is 5. The minimum Gasteiger partial charge on any atom is -0.488 e. The fraction of sp³-hybridized carbons (Fsp3) is 0.400. The Bertz CT molecular complexity index is 408. The maximum absolute atomic E-state index is 13.1. The van der Waals surface area contributed by atoms with Crippen molar-refractivity contribution in [3.63, 3.8) is 0 Å². The van der Waals surface area contributed by atoms with Crippen molar-refractivity contribution in [3.05, 3.63) is 28.2 Å². The first kappa shape index (κ1) is 15.2. The van der Waals surface area contributed by atoms with E-state index in [9.17, 15) is 22.0 Å². The third-order valence-corrected chi connectivity index (χ3v) is 2.17. The van der Waals surface area contributed by atoms with Crippen molar-refractivity contribution < 1.29 is 31.4 Å². The Kier molecular flexibility index (Phi) is 5.33. The van der Waals surface area contributed by atoms with E-state index in [2.05, 4.69) is 20.7 Å². The lowest BCUT2D eigenvalue weighted by Crippen LogP contribution is -2.19. The van der Waals surface area contributed by atoms with E-state index in [0.717, 1.165) is 6.07 Å². The van der Waals surface area contributed by atoms with Crippen LogP contribution in [0.2, 0.25) is 0 Å². The molecule has 0 amide bonds. The highest BCUT2D eigenvalue weighted by atomic mass is 79.9. The molecule has 1 rings (SSSR count). The molecule has 0 aliphatic heterocycles. The smallest absolute Gasteiger partial charge is 0.411 e. The number of hydrogen-bond donors (Lipinski definition) is 0. The Morgan fingerprint density at radius 2 is 1.78 bits per heavy atom. The topological polar surface area (TPSA) is 18.5 Å². The summed E-state index contributed by atoms with van der Waals surface area (Å²) in [4.78, 5) is 0. The molecule has 0 spiro atoms. The summed E-state index contributed by atoms with van der Waals surface area (Å²) in [6.45, 7) is -2.11. The van der Waals surface area contributed by atoms with Gasteiger partial charge in [-0.15, -0.1) is 0 Å². The van der Waals surface area contributed by atoms with Gasteiger partial charge in [-0.25, -0.2) is 4.39 Å². The van der Waals surface area contributed by atoms with E-state index in [1.165, 1.54) is 6.07 Å². The maximum Gasteiger partial charge on any atom is 0.411 e. The molecule has 0 fully saturated rings. The molecule has 0 radical (unpaired) electrons. The molecule has 0 aliphatic carbocycles. The molecule has 2 nitrogen and oxygen atoms in total. The summed E-state index contributed by atoms with van der Waals surface area (Å²) >= 11 is 2.93. The van der Waals surface area contributed by atoms with Crippen LogP contribution in [0.5, 0.6) is 5.75 Å². The predicted molar refractivity (Wildman–Crippen MR) is 56.4 cm³/mol. The van der Waals surface area contributed by atoms with E-state index in [0.29, 0.717) is 0 Å². The Morgan fingerprint density at radius 3 is 2.39 bits per heavy atom. The number of benzene rings is 1. The zero-order chi connectivity index (χ0) is 13.8. The second-order valence-electron chi connectivity index (χ2n) is 3.22. The van der Waals surface area contributed by atoms with Crippen molar-refractivity contribution in [3.8, 4) is 5.75 Å². The molecule has 0 N–H and O–H groups in total. The summed E-state index contributed by atoms with van der Waals surface area (Å²) in [5.74, 6) is -2.71. The quantitative estimate of drug-likeness (QED) is 0.464. The number of hydrogen-bond acceptors (Lipinski definition) is 2. The predicted octanol–water partition coefficient (Wildman–Crippen LogP) is 3.69. The Labute approximate surface area is 108 Å². The van der Waals surface area contributed by atoms with Crippen LogP contribution in [0.25, 0.3) is 0 Å². The van der Waals surface area contributed by atoms with Gasteiger partial charge in [0.15, 0.2) is 11.6 Å². The minimum absolute atomic E-state index is 0.257. The molecule has 0 saturated carbocycles. The van der Waals surface area contributed by atoms with E-state index in [1.807, 2.05) is 0 Å². The first-order chi connectivity index (χ1) is 8.29. The van der Waals surface area contributed by atoms with Crippen molar-refractivity contribution in [1.82, 2.24) is 0 Å². The van der Waals surface area contributed by atoms with Crippen molar-refractivity contribution in [2.24, 2.45) is 0 Å². The highest BCUT2D eigenvalue weighted by molar-refractivity contribution is 9.10. The van der Waals surface area contributed by atoms with Crippen LogP contribution >= 0.6 is 15.9 Å². The highest BCUT2D eigenvalue weighted by Gasteiger charge is 2.27. The molecular formula is C10H8BrF5O2. The lowest BCUT2D eigenvalue weighted by Gasteiger charge is -2.10. The lowest BCUT2D eigenvalue weighted by atomic mass is 10.3. The molecule has 0 atom stereocenters. The Balaban J connectivity index is 2.40. The van der Waals surface area contributed by atoms with Crippen molar-refractivity contribution in [1.29, 1.82) is 0 Å². The zero-order valence-corrected chi connectivity index (χ0v) is 10.4. The van der Waals surface area contributed by atoms with Gasteiger partial charge in [-0.2, -0.15) is 17.6 Å². The molecule has 1 aromatic carbocycles. The SMILES string of the molecule is Fc1cc(Br)cc(OCCOCC(F)(F)F)c1F. The number of halogens is 6. The second-order valence-corrected chi connectivity index (χ2v) is 4.13. The lowest BCUT2D eigenvalue weighted by molar-refractivity contribution is -0.175. The number of ether oxygens (including phenoxy) is 2. The van der Waals surface area contributed by atoms with E-state index < -0.39 is 30.2 Å². The molecule has 0 unspecified atom stereocenters. The molecule has 0 bridgehead atoms. The normalized spacial score (nSPS) is 11.7. The summed E-state index contributed by atoms with van der Waals surface area (Å²) in [6, 6.07) is 2.07. The molecule has 102 valence electrons. The van der Waals surface area contributed by atoms with E-state index >= 15 is 0 Å². The summed E-state index contributed by atoms with van der Waals surface area (Å²) < 4.78 is 70.4. The van der Waals surface area contributed by atoms with Gasteiger partial charge in [0.05, 0.1) is 6.61 Å². The van der Waals surface area contributed by atoms with Gasteiger partial charge in [-0.3, -0.25) is 0 Å². The zero-order valence-electron chi connectivity index (χ0n) is 8.86. The summed E-state index contributed by atoms with van der Waals surface area (Å²) in [5.41, 5.74) is 0. The van der Waals surface area contributed by atoms with E-state index in [1.54, 1.807) is 0 Å². The van der Waals surface area contributed by atoms with Gasteiger partial charge in [-0.1, -0.05) is 15.9 Å². The van der Waals surface area contributed by atoms with Crippen LogP contribution in [0.4, 0.5) is 22.0 Å². The van der Waals surface area contributed by atoms with Crippen LogP contribution in [0.3, 0.4) is 0 Å². The third kappa shape index (κ3) is 5.18. The largest absolute Gasteiger partial charge is 0.488 e. The standard InChI is InChI=1S/C10H8BrF5O2/c11-6-3-7(12)9(13)8(4-6)18-2-1-17-5-10(14,15)16/h3-4H,1-2,5H2. The van der Waals surface area contributed by atoms with Crippen LogP contribution in [0.1, 0.15) is 0 Å². The molecule has 1 aromatic rings. The van der Waals surface area contributed by atoms with Gasteiger partial charge in [0.1, 0.15) is 13.2 Å². The van der Waals surface area contributed by atoms with Gasteiger partial charge < -0.3 is 9.47 Å². The van der Waals surface area contributed by atoms with Crippen LogP contribution < -0.4 is 4.74 Å². The fourth-order valence-corrected chi connectivity index (χ4v) is 1.44. The highest BCUT2D eigenvalue weighted by Crippen LogP contribution is 2.25. The van der Waals surface area contributed by atoms with Crippen molar-refractivity contribution in [2.75, 3.05) is 19.8 Å². The van der Waals surface area contributed by atoms with Crippen LogP contribution in [-0.4, -0.2) is 26.0 Å². The average Bonchev–Trinajstić information content (AvgIpc) is 2.22. The second kappa shape index (κ2) is 6.33. The Hall–Kier alpha value is -0.890. The maximum atomic E-state index is 13.1. The van der Waals surface area contributed by atoms with E-state index in [4.69, 9.17) is 4.74 Å². The Morgan fingerprint density at radius 1 is 1.11 bits per heavy atom. The third-order valence-electron chi connectivity index (χ3n) is 1.71. The number of alkyl halides is 3. The molecule has 0 heterocycles. The summed E-state index contributed by atoms with van der Waals surface area (Å²) in [7, 11) is 0. The van der Waals surface area contributed by atoms with Crippen LogP contribution in [0.15, 0.2) is 16.6 Å². The van der Waals surface area contributed by atoms with Gasteiger partial charge in [0, 0.05) is 4.47 Å². The molecule has 0 aliphatic rings. The molecular weight excluding hydrogens is 327 g/mol. The summed E-state index contributed by atoms with van der Waals surface area (Å²) in [6.07, 6.45) is -4.42.